The number of aliphatic carboxylic acids is 1. The van der Waals surface area contributed by atoms with Crippen LogP contribution in [0.5, 0.6) is 0 Å². The molecular formula is C12H20N2O3. The second-order valence-electron chi connectivity index (χ2n) is 5.10. The zero-order valence-electron chi connectivity index (χ0n) is 10.3. The molecule has 2 fully saturated rings. The van der Waals surface area contributed by atoms with Crippen molar-refractivity contribution in [3.05, 3.63) is 0 Å². The first-order valence-corrected chi connectivity index (χ1v) is 6.37. The lowest BCUT2D eigenvalue weighted by Gasteiger charge is -2.43. The molecule has 1 N–H and O–H groups in total. The Kier molecular flexibility index (Phi) is 3.66. The Morgan fingerprint density at radius 3 is 2.76 bits per heavy atom. The second kappa shape index (κ2) is 5.04. The van der Waals surface area contributed by atoms with Gasteiger partial charge in [0, 0.05) is 26.1 Å². The number of piperidine rings is 2. The Morgan fingerprint density at radius 2 is 2.12 bits per heavy atom. The van der Waals surface area contributed by atoms with Gasteiger partial charge in [0.25, 0.3) is 0 Å². The number of carboxylic acids is 1. The van der Waals surface area contributed by atoms with Crippen molar-refractivity contribution in [3.63, 3.8) is 0 Å². The largest absolute Gasteiger partial charge is 0.481 e. The smallest absolute Gasteiger partial charge is 0.308 e. The summed E-state index contributed by atoms with van der Waals surface area (Å²) in [6.45, 7) is 4.01. The third-order valence-electron chi connectivity index (χ3n) is 3.89. The van der Waals surface area contributed by atoms with E-state index in [2.05, 4.69) is 0 Å². The summed E-state index contributed by atoms with van der Waals surface area (Å²) in [5, 5.41) is 12.9. The van der Waals surface area contributed by atoms with Crippen LogP contribution in [0.3, 0.4) is 0 Å². The summed E-state index contributed by atoms with van der Waals surface area (Å²) in [7, 11) is 0. The fraction of sp³-hybridized carbons (Fsp3) is 0.833. The summed E-state index contributed by atoms with van der Waals surface area (Å²) in [6.07, 6.45) is 3.43. The number of carboxylic acid groups (broad SMARTS) is 1. The summed E-state index contributed by atoms with van der Waals surface area (Å²) in [4.78, 5) is 22.9. The van der Waals surface area contributed by atoms with Gasteiger partial charge in [0.2, 0.25) is 5.91 Å². The molecule has 0 aromatic heterocycles. The van der Waals surface area contributed by atoms with Gasteiger partial charge in [-0.25, -0.2) is 5.01 Å². The molecule has 2 atom stereocenters. The average molecular weight is 240 g/mol. The van der Waals surface area contributed by atoms with Gasteiger partial charge in [-0.2, -0.15) is 0 Å². The first kappa shape index (κ1) is 12.4. The summed E-state index contributed by atoms with van der Waals surface area (Å²) < 4.78 is 0. The molecule has 1 amide bonds. The van der Waals surface area contributed by atoms with E-state index in [9.17, 15) is 9.59 Å². The summed E-state index contributed by atoms with van der Waals surface area (Å²) in [6, 6.07) is 0. The lowest BCUT2D eigenvalue weighted by atomic mass is 9.88. The van der Waals surface area contributed by atoms with Crippen molar-refractivity contribution in [3.8, 4) is 0 Å². The van der Waals surface area contributed by atoms with Crippen LogP contribution in [0.2, 0.25) is 0 Å². The van der Waals surface area contributed by atoms with Crippen molar-refractivity contribution in [1.29, 1.82) is 0 Å². The first-order chi connectivity index (χ1) is 8.09. The van der Waals surface area contributed by atoms with Gasteiger partial charge < -0.3 is 5.11 Å². The monoisotopic (exact) mass is 240 g/mol. The van der Waals surface area contributed by atoms with Gasteiger partial charge in [0.15, 0.2) is 0 Å². The van der Waals surface area contributed by atoms with Crippen molar-refractivity contribution < 1.29 is 14.7 Å². The maximum Gasteiger partial charge on any atom is 0.308 e. The fourth-order valence-corrected chi connectivity index (χ4v) is 2.68. The predicted octanol–water partition coefficient (Wildman–Crippen LogP) is 0.956. The minimum absolute atomic E-state index is 0.148. The number of carbonyl (C=O) groups is 2. The molecule has 0 aromatic rings. The molecule has 2 heterocycles. The molecule has 2 saturated heterocycles. The van der Waals surface area contributed by atoms with Crippen LogP contribution in [0.25, 0.3) is 0 Å². The first-order valence-electron chi connectivity index (χ1n) is 6.37. The van der Waals surface area contributed by atoms with Crippen molar-refractivity contribution in [2.24, 2.45) is 11.8 Å². The van der Waals surface area contributed by atoms with Gasteiger partial charge in [0.05, 0.1) is 5.92 Å². The Balaban J connectivity index is 2.02. The van der Waals surface area contributed by atoms with Crippen LogP contribution >= 0.6 is 0 Å². The molecule has 0 saturated carbocycles. The molecule has 0 spiro atoms. The topological polar surface area (TPSA) is 60.9 Å². The van der Waals surface area contributed by atoms with E-state index in [1.807, 2.05) is 11.9 Å². The molecule has 2 aliphatic rings. The third-order valence-corrected chi connectivity index (χ3v) is 3.89. The van der Waals surface area contributed by atoms with E-state index in [0.29, 0.717) is 13.0 Å². The molecule has 2 unspecified atom stereocenters. The standard InChI is InChI=1S/C12H20N2O3/c1-9-5-7-13(8-10(9)12(16)17)14-6-3-2-4-11(14)15/h9-10H,2-8H2,1H3,(H,16,17). The number of amides is 1. The molecule has 2 rings (SSSR count). The number of nitrogens with zero attached hydrogens (tertiary/aromatic N) is 2. The number of hydrogen-bond donors (Lipinski definition) is 1. The van der Waals surface area contributed by atoms with Crippen molar-refractivity contribution in [2.45, 2.75) is 32.6 Å². The van der Waals surface area contributed by atoms with Gasteiger partial charge in [-0.1, -0.05) is 6.92 Å². The van der Waals surface area contributed by atoms with Crippen LogP contribution in [0.1, 0.15) is 32.6 Å². The molecule has 0 aromatic carbocycles. The number of carbonyl (C=O) groups excluding carboxylic acids is 1. The van der Waals surface area contributed by atoms with Crippen LogP contribution in [0.4, 0.5) is 0 Å². The number of hydrogen-bond acceptors (Lipinski definition) is 3. The highest BCUT2D eigenvalue weighted by Gasteiger charge is 2.35. The van der Waals surface area contributed by atoms with Crippen molar-refractivity contribution in [1.82, 2.24) is 10.0 Å². The molecule has 0 radical (unpaired) electrons. The van der Waals surface area contributed by atoms with Crippen LogP contribution in [-0.4, -0.2) is 46.6 Å². The fourth-order valence-electron chi connectivity index (χ4n) is 2.68. The van der Waals surface area contributed by atoms with Crippen molar-refractivity contribution >= 4 is 11.9 Å². The zero-order valence-corrected chi connectivity index (χ0v) is 10.3. The van der Waals surface area contributed by atoms with Gasteiger partial charge >= 0.3 is 5.97 Å². The third kappa shape index (κ3) is 2.60. The molecule has 5 heteroatoms. The van der Waals surface area contributed by atoms with E-state index in [0.717, 1.165) is 32.4 Å². The molecule has 0 aliphatic carbocycles. The van der Waals surface area contributed by atoms with E-state index >= 15 is 0 Å². The maximum atomic E-state index is 11.8. The van der Waals surface area contributed by atoms with E-state index in [1.165, 1.54) is 0 Å². The molecule has 96 valence electrons. The molecule has 2 aliphatic heterocycles. The minimum atomic E-state index is -0.744. The molecule has 5 nitrogen and oxygen atoms in total. The Bertz CT molecular complexity index is 319. The lowest BCUT2D eigenvalue weighted by Crippen LogP contribution is -2.55. The van der Waals surface area contributed by atoms with Gasteiger partial charge in [-0.05, 0) is 25.2 Å². The summed E-state index contributed by atoms with van der Waals surface area (Å²) in [5.41, 5.74) is 0. The molecule has 0 bridgehead atoms. The Labute approximate surface area is 101 Å². The number of hydrazine groups is 1. The maximum absolute atomic E-state index is 11.8. The van der Waals surface area contributed by atoms with E-state index in [-0.39, 0.29) is 17.7 Å². The van der Waals surface area contributed by atoms with Gasteiger partial charge in [0.1, 0.15) is 0 Å². The van der Waals surface area contributed by atoms with E-state index < -0.39 is 5.97 Å². The lowest BCUT2D eigenvalue weighted by molar-refractivity contribution is -0.165. The SMILES string of the molecule is CC1CCN(N2CCCCC2=O)CC1C(=O)O. The van der Waals surface area contributed by atoms with Crippen LogP contribution in [-0.2, 0) is 9.59 Å². The zero-order chi connectivity index (χ0) is 12.4. The highest BCUT2D eigenvalue weighted by Crippen LogP contribution is 2.26. The quantitative estimate of drug-likeness (QED) is 0.781. The van der Waals surface area contributed by atoms with Crippen LogP contribution < -0.4 is 0 Å². The highest BCUT2D eigenvalue weighted by molar-refractivity contribution is 5.76. The average Bonchev–Trinajstić information content (AvgIpc) is 2.30. The van der Waals surface area contributed by atoms with E-state index in [1.54, 1.807) is 5.01 Å². The minimum Gasteiger partial charge on any atom is -0.481 e. The predicted molar refractivity (Wildman–Crippen MR) is 62.0 cm³/mol. The van der Waals surface area contributed by atoms with E-state index in [4.69, 9.17) is 5.11 Å². The Hall–Kier alpha value is -1.10. The van der Waals surface area contributed by atoms with Crippen LogP contribution in [0, 0.1) is 11.8 Å². The number of rotatable bonds is 2. The summed E-state index contributed by atoms with van der Waals surface area (Å²) >= 11 is 0. The summed E-state index contributed by atoms with van der Waals surface area (Å²) in [5.74, 6) is -0.747. The normalized spacial score (nSPS) is 31.6. The molecular weight excluding hydrogens is 220 g/mol. The van der Waals surface area contributed by atoms with Crippen LogP contribution in [0.15, 0.2) is 0 Å². The second-order valence-corrected chi connectivity index (χ2v) is 5.10. The highest BCUT2D eigenvalue weighted by atomic mass is 16.4. The Morgan fingerprint density at radius 1 is 1.35 bits per heavy atom. The molecule has 17 heavy (non-hydrogen) atoms. The van der Waals surface area contributed by atoms with Gasteiger partial charge in [-0.15, -0.1) is 0 Å². The van der Waals surface area contributed by atoms with Crippen molar-refractivity contribution in [2.75, 3.05) is 19.6 Å². The van der Waals surface area contributed by atoms with Gasteiger partial charge in [-0.3, -0.25) is 14.6 Å².